The highest BCUT2D eigenvalue weighted by molar-refractivity contribution is 5.96. The molecule has 1 atom stereocenters. The van der Waals surface area contributed by atoms with Crippen molar-refractivity contribution in [1.29, 1.82) is 0 Å². The number of amides is 1. The van der Waals surface area contributed by atoms with Crippen LogP contribution >= 0.6 is 0 Å². The first-order valence-electron chi connectivity index (χ1n) is 6.85. The van der Waals surface area contributed by atoms with E-state index in [-0.39, 0.29) is 0 Å². The van der Waals surface area contributed by atoms with Gasteiger partial charge in [0, 0.05) is 5.56 Å². The van der Waals surface area contributed by atoms with Crippen molar-refractivity contribution in [2.24, 2.45) is 0 Å². The van der Waals surface area contributed by atoms with Crippen molar-refractivity contribution in [1.82, 2.24) is 5.32 Å². The molecule has 0 radical (unpaired) electrons. The van der Waals surface area contributed by atoms with Gasteiger partial charge in [0.15, 0.2) is 0 Å². The Hall–Kier alpha value is -2.04. The number of carboxylic acids is 1. The van der Waals surface area contributed by atoms with Gasteiger partial charge in [-0.3, -0.25) is 4.79 Å². The average Bonchev–Trinajstić information content (AvgIpc) is 2.44. The predicted octanol–water partition coefficient (Wildman–Crippen LogP) is 2.46. The van der Waals surface area contributed by atoms with Crippen LogP contribution in [0.1, 0.15) is 43.5 Å². The number of aliphatic carboxylic acids is 1. The van der Waals surface area contributed by atoms with Crippen molar-refractivity contribution in [3.63, 3.8) is 0 Å². The molecule has 0 fully saturated rings. The van der Waals surface area contributed by atoms with Gasteiger partial charge in [0.25, 0.3) is 5.91 Å². The molecule has 0 aliphatic carbocycles. The number of nitrogens with one attached hydrogen (secondary N) is 1. The zero-order valence-electron chi connectivity index (χ0n) is 11.9. The molecule has 0 aromatic heterocycles. The van der Waals surface area contributed by atoms with Crippen molar-refractivity contribution >= 4 is 11.9 Å². The van der Waals surface area contributed by atoms with Gasteiger partial charge in [-0.1, -0.05) is 26.3 Å². The largest absolute Gasteiger partial charge is 0.494 e. The van der Waals surface area contributed by atoms with Crippen molar-refractivity contribution in [2.45, 2.75) is 39.2 Å². The summed E-state index contributed by atoms with van der Waals surface area (Å²) in [6.45, 7) is 4.46. The number of carboxylic acid groups (broad SMARTS) is 1. The zero-order valence-corrected chi connectivity index (χ0v) is 11.9. The van der Waals surface area contributed by atoms with Crippen molar-refractivity contribution < 1.29 is 19.4 Å². The number of hydrogen-bond donors (Lipinski definition) is 2. The van der Waals surface area contributed by atoms with E-state index in [4.69, 9.17) is 9.84 Å². The summed E-state index contributed by atoms with van der Waals surface area (Å²) < 4.78 is 5.45. The number of rotatable bonds is 8. The van der Waals surface area contributed by atoms with Crippen LogP contribution in [-0.2, 0) is 4.79 Å². The van der Waals surface area contributed by atoms with Gasteiger partial charge in [0.05, 0.1) is 6.61 Å². The van der Waals surface area contributed by atoms with Crippen LogP contribution < -0.4 is 10.1 Å². The van der Waals surface area contributed by atoms with Crippen molar-refractivity contribution in [3.05, 3.63) is 29.8 Å². The van der Waals surface area contributed by atoms with Crippen molar-refractivity contribution in [3.8, 4) is 5.75 Å². The van der Waals surface area contributed by atoms with Gasteiger partial charge in [-0.05, 0) is 31.0 Å². The third kappa shape index (κ3) is 4.91. The average molecular weight is 279 g/mol. The summed E-state index contributed by atoms with van der Waals surface area (Å²) in [6, 6.07) is 5.89. The van der Waals surface area contributed by atoms with Crippen LogP contribution in [0.4, 0.5) is 0 Å². The molecular formula is C15H21NO4. The predicted molar refractivity (Wildman–Crippen MR) is 76.0 cm³/mol. The number of carbonyl (C=O) groups excluding carboxylic acids is 1. The van der Waals surface area contributed by atoms with Gasteiger partial charge in [-0.25, -0.2) is 4.79 Å². The maximum atomic E-state index is 12.0. The van der Waals surface area contributed by atoms with Crippen molar-refractivity contribution in [2.75, 3.05) is 6.61 Å². The third-order valence-electron chi connectivity index (χ3n) is 2.75. The zero-order chi connectivity index (χ0) is 15.0. The molecule has 1 aromatic rings. The second kappa shape index (κ2) is 8.19. The molecule has 1 rings (SSSR count). The van der Waals surface area contributed by atoms with E-state index in [9.17, 15) is 9.59 Å². The molecule has 110 valence electrons. The Balaban J connectivity index is 2.73. The number of hydrogen-bond acceptors (Lipinski definition) is 3. The van der Waals surface area contributed by atoms with Gasteiger partial charge in [-0.2, -0.15) is 0 Å². The summed E-state index contributed by atoms with van der Waals surface area (Å²) in [5, 5.41) is 11.6. The fourth-order valence-electron chi connectivity index (χ4n) is 1.73. The van der Waals surface area contributed by atoms with Crippen LogP contribution in [0, 0.1) is 0 Å². The first-order chi connectivity index (χ1) is 9.58. The van der Waals surface area contributed by atoms with E-state index in [2.05, 4.69) is 5.32 Å². The summed E-state index contributed by atoms with van der Waals surface area (Å²) in [4.78, 5) is 23.1. The van der Waals surface area contributed by atoms with Crippen LogP contribution in [0.3, 0.4) is 0 Å². The number of benzene rings is 1. The molecule has 20 heavy (non-hydrogen) atoms. The van der Waals surface area contributed by atoms with E-state index in [0.717, 1.165) is 6.42 Å². The Morgan fingerprint density at radius 1 is 1.30 bits per heavy atom. The SMILES string of the molecule is CCCOc1cccc(C(=O)NC(CCC)C(=O)O)c1. The van der Waals surface area contributed by atoms with Crippen LogP contribution in [0.25, 0.3) is 0 Å². The summed E-state index contributed by atoms with van der Waals surface area (Å²) >= 11 is 0. The molecular weight excluding hydrogens is 258 g/mol. The lowest BCUT2D eigenvalue weighted by atomic mass is 10.1. The summed E-state index contributed by atoms with van der Waals surface area (Å²) in [6.07, 6.45) is 1.98. The minimum atomic E-state index is -1.02. The quantitative estimate of drug-likeness (QED) is 0.766. The standard InChI is InChI=1S/C15H21NO4/c1-3-6-13(15(18)19)16-14(17)11-7-5-8-12(10-11)20-9-4-2/h5,7-8,10,13H,3-4,6,9H2,1-2H3,(H,16,17)(H,18,19). The molecule has 0 saturated carbocycles. The van der Waals surface area contributed by atoms with E-state index in [1.165, 1.54) is 0 Å². The monoisotopic (exact) mass is 279 g/mol. The van der Waals surface area contributed by atoms with Gasteiger partial charge >= 0.3 is 5.97 Å². The molecule has 0 aliphatic rings. The molecule has 1 amide bonds. The first kappa shape index (κ1) is 16.0. The smallest absolute Gasteiger partial charge is 0.326 e. The Bertz CT molecular complexity index is 459. The van der Waals surface area contributed by atoms with Crippen LogP contribution in [0.2, 0.25) is 0 Å². The normalized spacial score (nSPS) is 11.7. The van der Waals surface area contributed by atoms with Gasteiger partial charge in [0.2, 0.25) is 0 Å². The minimum Gasteiger partial charge on any atom is -0.494 e. The lowest BCUT2D eigenvalue weighted by Gasteiger charge is -2.14. The number of ether oxygens (including phenoxy) is 1. The Kier molecular flexibility index (Phi) is 6.56. The highest BCUT2D eigenvalue weighted by Gasteiger charge is 2.19. The summed E-state index contributed by atoms with van der Waals surface area (Å²) in [5.41, 5.74) is 0.404. The molecule has 5 heteroatoms. The summed E-state index contributed by atoms with van der Waals surface area (Å²) in [7, 11) is 0. The molecule has 0 aliphatic heterocycles. The van der Waals surface area contributed by atoms with Gasteiger partial charge in [0.1, 0.15) is 11.8 Å². The van der Waals surface area contributed by atoms with Crippen LogP contribution in [-0.4, -0.2) is 29.6 Å². The molecule has 5 nitrogen and oxygen atoms in total. The maximum absolute atomic E-state index is 12.0. The van der Waals surface area contributed by atoms with E-state index in [1.807, 2.05) is 13.8 Å². The van der Waals surface area contributed by atoms with Crippen LogP contribution in [0.15, 0.2) is 24.3 Å². The van der Waals surface area contributed by atoms with Gasteiger partial charge < -0.3 is 15.2 Å². The fraction of sp³-hybridized carbons (Fsp3) is 0.467. The lowest BCUT2D eigenvalue weighted by molar-refractivity contribution is -0.139. The second-order valence-electron chi connectivity index (χ2n) is 4.53. The summed E-state index contributed by atoms with van der Waals surface area (Å²) in [5.74, 6) is -0.798. The highest BCUT2D eigenvalue weighted by Crippen LogP contribution is 2.14. The second-order valence-corrected chi connectivity index (χ2v) is 4.53. The molecule has 0 saturated heterocycles. The third-order valence-corrected chi connectivity index (χ3v) is 2.75. The van der Waals surface area contributed by atoms with E-state index in [1.54, 1.807) is 24.3 Å². The van der Waals surface area contributed by atoms with Crippen LogP contribution in [0.5, 0.6) is 5.75 Å². The molecule has 0 bridgehead atoms. The Morgan fingerprint density at radius 2 is 2.05 bits per heavy atom. The molecule has 0 heterocycles. The lowest BCUT2D eigenvalue weighted by Crippen LogP contribution is -2.40. The molecule has 1 aromatic carbocycles. The van der Waals surface area contributed by atoms with Gasteiger partial charge in [-0.15, -0.1) is 0 Å². The highest BCUT2D eigenvalue weighted by atomic mass is 16.5. The first-order valence-corrected chi connectivity index (χ1v) is 6.85. The van der Waals surface area contributed by atoms with E-state index < -0.39 is 17.9 Å². The minimum absolute atomic E-state index is 0.396. The topological polar surface area (TPSA) is 75.6 Å². The Morgan fingerprint density at radius 3 is 2.65 bits per heavy atom. The number of carbonyl (C=O) groups is 2. The Labute approximate surface area is 118 Å². The van der Waals surface area contributed by atoms with E-state index in [0.29, 0.717) is 30.8 Å². The maximum Gasteiger partial charge on any atom is 0.326 e. The fourth-order valence-corrected chi connectivity index (χ4v) is 1.73. The van der Waals surface area contributed by atoms with E-state index >= 15 is 0 Å². The molecule has 1 unspecified atom stereocenters. The molecule has 0 spiro atoms. The molecule has 2 N–H and O–H groups in total.